The fourth-order valence-electron chi connectivity index (χ4n) is 4.72. The molecule has 2 aliphatic rings. The second kappa shape index (κ2) is 10.8. The Hall–Kier alpha value is -2.53. The van der Waals surface area contributed by atoms with Gasteiger partial charge in [-0.25, -0.2) is 17.5 Å². The highest BCUT2D eigenvalue weighted by molar-refractivity contribution is 7.89. The van der Waals surface area contributed by atoms with Crippen LogP contribution in [0.15, 0.2) is 25.2 Å². The highest BCUT2D eigenvalue weighted by atomic mass is 32.2. The van der Waals surface area contributed by atoms with Gasteiger partial charge in [-0.2, -0.15) is 4.98 Å². The van der Waals surface area contributed by atoms with Gasteiger partial charge in [-0.05, 0) is 37.2 Å². The number of rotatable bonds is 8. The van der Waals surface area contributed by atoms with E-state index in [1.165, 1.54) is 12.5 Å². The zero-order valence-electron chi connectivity index (χ0n) is 19.5. The zero-order valence-corrected chi connectivity index (χ0v) is 20.4. The highest BCUT2D eigenvalue weighted by Gasteiger charge is 2.29. The van der Waals surface area contributed by atoms with Crippen LogP contribution in [0, 0.1) is 5.92 Å². The van der Waals surface area contributed by atoms with Gasteiger partial charge in [-0.1, -0.05) is 37.8 Å². The Morgan fingerprint density at radius 1 is 1.21 bits per heavy atom. The number of piperidine rings is 1. The number of hydrogen-bond acceptors (Lipinski definition) is 8. The number of fused-ring (bicyclic) bond motifs is 1. The van der Waals surface area contributed by atoms with Gasteiger partial charge in [0.25, 0.3) is 5.56 Å². The van der Waals surface area contributed by atoms with E-state index >= 15 is 0 Å². The first kappa shape index (κ1) is 24.6. The van der Waals surface area contributed by atoms with Gasteiger partial charge in [-0.3, -0.25) is 9.78 Å². The second-order valence-corrected chi connectivity index (χ2v) is 11.2. The number of oxime groups is 1. The molecule has 0 radical (unpaired) electrons. The van der Waals surface area contributed by atoms with Crippen LogP contribution >= 0.6 is 0 Å². The topological polar surface area (TPSA) is 135 Å². The van der Waals surface area contributed by atoms with Crippen LogP contribution < -0.4 is 16.0 Å². The molecule has 0 spiro atoms. The minimum atomic E-state index is -3.28. The molecule has 0 atom stereocenters. The van der Waals surface area contributed by atoms with Crippen molar-refractivity contribution < 1.29 is 17.7 Å². The first-order valence-electron chi connectivity index (χ1n) is 12.1. The number of sulfonamides is 1. The zero-order chi connectivity index (χ0) is 24.1. The number of unbranched alkanes of at least 4 members (excludes halogenated alkanes) is 1. The molecule has 1 saturated heterocycles. The van der Waals surface area contributed by atoms with Crippen LogP contribution in [-0.2, 0) is 16.4 Å². The summed E-state index contributed by atoms with van der Waals surface area (Å²) in [6.07, 6.45) is 8.62. The summed E-state index contributed by atoms with van der Waals surface area (Å²) in [7, 11) is -3.28. The molecule has 2 fully saturated rings. The normalized spacial score (nSPS) is 18.3. The molecular formula is C23H32N4O6S. The van der Waals surface area contributed by atoms with E-state index in [0.29, 0.717) is 43.6 Å². The van der Waals surface area contributed by atoms with Crippen molar-refractivity contribution in [3.8, 4) is 6.01 Å². The Morgan fingerprint density at radius 3 is 2.65 bits per heavy atom. The Bertz CT molecular complexity index is 1250. The predicted octanol–water partition coefficient (Wildman–Crippen LogP) is 2.96. The summed E-state index contributed by atoms with van der Waals surface area (Å²) >= 11 is 0. The van der Waals surface area contributed by atoms with Crippen LogP contribution in [0.25, 0.3) is 11.1 Å². The van der Waals surface area contributed by atoms with Crippen LogP contribution in [0.3, 0.4) is 0 Å². The second-order valence-electron chi connectivity index (χ2n) is 9.18. The van der Waals surface area contributed by atoms with Gasteiger partial charge >= 0.3 is 11.6 Å². The largest absolute Gasteiger partial charge is 0.403 e. The SMILES string of the molecule is CCCCc1cc(=O)oc2nc(ON=C3CCN(S(=O)(=O)CC4CCCCC4)CC3)[nH]c(=O)c12. The molecule has 10 nitrogen and oxygen atoms in total. The van der Waals surface area contributed by atoms with Crippen molar-refractivity contribution in [1.29, 1.82) is 0 Å². The molecule has 2 aromatic rings. The molecule has 1 saturated carbocycles. The Kier molecular flexibility index (Phi) is 7.82. The number of H-pyrrole nitrogens is 1. The quantitative estimate of drug-likeness (QED) is 0.560. The van der Waals surface area contributed by atoms with Crippen LogP contribution in [0.1, 0.15) is 70.3 Å². The molecule has 3 heterocycles. The Labute approximate surface area is 198 Å². The van der Waals surface area contributed by atoms with Crippen LogP contribution in [0.5, 0.6) is 6.01 Å². The number of aryl methyl sites for hydroxylation is 1. The minimum Gasteiger partial charge on any atom is -0.403 e. The van der Waals surface area contributed by atoms with Crippen molar-refractivity contribution in [3.05, 3.63) is 32.4 Å². The molecule has 0 aromatic carbocycles. The summed E-state index contributed by atoms with van der Waals surface area (Å²) in [5.41, 5.74) is 0.169. The molecule has 1 aliphatic heterocycles. The summed E-state index contributed by atoms with van der Waals surface area (Å²) in [6, 6.07) is 1.15. The summed E-state index contributed by atoms with van der Waals surface area (Å²) in [6.45, 7) is 2.74. The fraction of sp³-hybridized carbons (Fsp3) is 0.652. The number of aromatic nitrogens is 2. The molecule has 2 aromatic heterocycles. The van der Waals surface area contributed by atoms with E-state index in [4.69, 9.17) is 9.25 Å². The lowest BCUT2D eigenvalue weighted by Crippen LogP contribution is -2.41. The van der Waals surface area contributed by atoms with E-state index in [-0.39, 0.29) is 28.8 Å². The van der Waals surface area contributed by atoms with E-state index in [1.54, 1.807) is 4.31 Å². The molecule has 186 valence electrons. The van der Waals surface area contributed by atoms with Crippen molar-refractivity contribution in [2.45, 2.75) is 71.1 Å². The molecule has 0 amide bonds. The van der Waals surface area contributed by atoms with E-state index in [9.17, 15) is 18.0 Å². The minimum absolute atomic E-state index is 0.0822. The number of aromatic amines is 1. The van der Waals surface area contributed by atoms with E-state index in [2.05, 4.69) is 15.1 Å². The Morgan fingerprint density at radius 2 is 1.94 bits per heavy atom. The van der Waals surface area contributed by atoms with Crippen LogP contribution in [0.2, 0.25) is 0 Å². The maximum absolute atomic E-state index is 12.8. The average molecular weight is 493 g/mol. The molecule has 4 rings (SSSR count). The van der Waals surface area contributed by atoms with Crippen molar-refractivity contribution in [3.63, 3.8) is 0 Å². The van der Waals surface area contributed by atoms with E-state index in [0.717, 1.165) is 38.5 Å². The predicted molar refractivity (Wildman–Crippen MR) is 129 cm³/mol. The van der Waals surface area contributed by atoms with Gasteiger partial charge < -0.3 is 9.25 Å². The maximum atomic E-state index is 12.8. The van der Waals surface area contributed by atoms with Gasteiger partial charge in [0.1, 0.15) is 5.39 Å². The average Bonchev–Trinajstić information content (AvgIpc) is 2.81. The molecule has 0 bridgehead atoms. The molecule has 0 unspecified atom stereocenters. The lowest BCUT2D eigenvalue weighted by atomic mass is 9.91. The third kappa shape index (κ3) is 5.93. The van der Waals surface area contributed by atoms with Gasteiger partial charge in [0.2, 0.25) is 15.7 Å². The third-order valence-corrected chi connectivity index (χ3v) is 8.64. The summed E-state index contributed by atoms with van der Waals surface area (Å²) in [5.74, 6) is 0.486. The number of nitrogens with one attached hydrogen (secondary N) is 1. The van der Waals surface area contributed by atoms with Crippen molar-refractivity contribution in [2.75, 3.05) is 18.8 Å². The van der Waals surface area contributed by atoms with Crippen molar-refractivity contribution >= 4 is 26.8 Å². The van der Waals surface area contributed by atoms with Crippen LogP contribution in [0.4, 0.5) is 0 Å². The summed E-state index contributed by atoms with van der Waals surface area (Å²) in [4.78, 5) is 36.5. The van der Waals surface area contributed by atoms with Gasteiger partial charge in [0.05, 0.1) is 11.5 Å². The van der Waals surface area contributed by atoms with E-state index in [1.807, 2.05) is 6.92 Å². The van der Waals surface area contributed by atoms with E-state index < -0.39 is 21.2 Å². The lowest BCUT2D eigenvalue weighted by molar-refractivity contribution is 0.303. The number of hydrogen-bond donors (Lipinski definition) is 1. The summed E-state index contributed by atoms with van der Waals surface area (Å²) in [5, 5.41) is 4.31. The third-order valence-electron chi connectivity index (χ3n) is 6.60. The standard InChI is InChI=1S/C23H32N4O6S/c1-2-3-9-17-14-19(28)32-22-20(17)21(29)24-23(25-22)33-26-18-10-12-27(13-11-18)34(30,31)15-16-7-5-4-6-8-16/h14,16H,2-13,15H2,1H3,(H,24,25,29). The molecule has 34 heavy (non-hydrogen) atoms. The molecule has 1 N–H and O–H groups in total. The van der Waals surface area contributed by atoms with Gasteiger partial charge in [0.15, 0.2) is 0 Å². The van der Waals surface area contributed by atoms with Crippen LogP contribution in [-0.4, -0.2) is 47.2 Å². The first-order chi connectivity index (χ1) is 16.4. The van der Waals surface area contributed by atoms with Crippen molar-refractivity contribution in [1.82, 2.24) is 14.3 Å². The molecule has 1 aliphatic carbocycles. The lowest BCUT2D eigenvalue weighted by Gasteiger charge is -2.29. The van der Waals surface area contributed by atoms with Gasteiger partial charge in [0, 0.05) is 32.0 Å². The summed E-state index contributed by atoms with van der Waals surface area (Å²) < 4.78 is 32.2. The maximum Gasteiger partial charge on any atom is 0.337 e. The van der Waals surface area contributed by atoms with Gasteiger partial charge in [-0.15, -0.1) is 0 Å². The fourth-order valence-corrected chi connectivity index (χ4v) is 6.59. The smallest absolute Gasteiger partial charge is 0.337 e. The molecular weight excluding hydrogens is 460 g/mol. The molecule has 11 heteroatoms. The first-order valence-corrected chi connectivity index (χ1v) is 13.7. The monoisotopic (exact) mass is 492 g/mol. The Balaban J connectivity index is 1.41. The number of nitrogens with zero attached hydrogens (tertiary/aromatic N) is 3. The highest BCUT2D eigenvalue weighted by Crippen LogP contribution is 2.26. The van der Waals surface area contributed by atoms with Crippen molar-refractivity contribution in [2.24, 2.45) is 11.1 Å².